The Hall–Kier alpha value is -2.47. The number of benzene rings is 1. The van der Waals surface area contributed by atoms with Gasteiger partial charge in [-0.1, -0.05) is 49.9 Å². The summed E-state index contributed by atoms with van der Waals surface area (Å²) in [6.07, 6.45) is 6.79. The smallest absolute Gasteiger partial charge is 0.275 e. The van der Waals surface area contributed by atoms with Crippen molar-refractivity contribution in [3.63, 3.8) is 0 Å². The highest BCUT2D eigenvalue weighted by atomic mass is 32.1. The van der Waals surface area contributed by atoms with Crippen molar-refractivity contribution in [3.05, 3.63) is 52.1 Å². The first kappa shape index (κ1) is 18.9. The topological polar surface area (TPSA) is 64.0 Å². The largest absolute Gasteiger partial charge is 0.352 e. The van der Waals surface area contributed by atoms with E-state index in [0.29, 0.717) is 5.39 Å². The number of hydrogen-bond donors (Lipinski definition) is 1. The van der Waals surface area contributed by atoms with Crippen LogP contribution in [0, 0.1) is 0 Å². The van der Waals surface area contributed by atoms with E-state index < -0.39 is 6.04 Å². The van der Waals surface area contributed by atoms with Gasteiger partial charge in [0.25, 0.3) is 5.56 Å². The number of hydrogen-bond acceptors (Lipinski definition) is 4. The fraction of sp³-hybridized carbons (Fsp3) is 0.409. The van der Waals surface area contributed by atoms with Crippen molar-refractivity contribution in [1.29, 1.82) is 0 Å². The van der Waals surface area contributed by atoms with Gasteiger partial charge in [0.1, 0.15) is 11.7 Å². The summed E-state index contributed by atoms with van der Waals surface area (Å²) in [5.74, 6) is -0.131. The SMILES string of the molecule is C[C@@H](C(=O)NC1CCCCCC1)n1nc(-c2cccs2)c2ccccc2c1=O. The van der Waals surface area contributed by atoms with Crippen molar-refractivity contribution in [2.75, 3.05) is 0 Å². The normalized spacial score (nSPS) is 16.6. The summed E-state index contributed by atoms with van der Waals surface area (Å²) >= 11 is 1.58. The summed E-state index contributed by atoms with van der Waals surface area (Å²) in [4.78, 5) is 27.0. The first-order chi connectivity index (χ1) is 13.6. The van der Waals surface area contributed by atoms with E-state index >= 15 is 0 Å². The minimum absolute atomic E-state index is 0.131. The molecule has 1 aliphatic carbocycles. The molecule has 0 aliphatic heterocycles. The van der Waals surface area contributed by atoms with Crippen molar-refractivity contribution < 1.29 is 4.79 Å². The number of carbonyl (C=O) groups is 1. The minimum Gasteiger partial charge on any atom is -0.352 e. The van der Waals surface area contributed by atoms with Crippen LogP contribution in [0.2, 0.25) is 0 Å². The number of nitrogens with zero attached hydrogens (tertiary/aromatic N) is 2. The standard InChI is InChI=1S/C22H25N3O2S/c1-15(21(26)23-16-9-4-2-3-5-10-16)25-22(27)18-12-7-6-11-17(18)20(24-25)19-13-8-14-28-19/h6-8,11-16H,2-5,9-10H2,1H3,(H,23,26)/t15-/m0/s1. The number of thiophene rings is 1. The van der Waals surface area contributed by atoms with Crippen molar-refractivity contribution in [1.82, 2.24) is 15.1 Å². The van der Waals surface area contributed by atoms with Gasteiger partial charge in [0, 0.05) is 11.4 Å². The van der Waals surface area contributed by atoms with Crippen LogP contribution in [0.1, 0.15) is 51.5 Å². The number of aromatic nitrogens is 2. The Kier molecular flexibility index (Phi) is 5.57. The van der Waals surface area contributed by atoms with Crippen molar-refractivity contribution in [2.24, 2.45) is 0 Å². The summed E-state index contributed by atoms with van der Waals surface area (Å²) < 4.78 is 1.35. The number of rotatable bonds is 4. The minimum atomic E-state index is -0.654. The molecule has 1 aromatic carbocycles. The quantitative estimate of drug-likeness (QED) is 0.661. The highest BCUT2D eigenvalue weighted by Crippen LogP contribution is 2.28. The molecular formula is C22H25N3O2S. The molecule has 0 bridgehead atoms. The molecule has 1 N–H and O–H groups in total. The highest BCUT2D eigenvalue weighted by molar-refractivity contribution is 7.13. The van der Waals surface area contributed by atoms with Crippen molar-refractivity contribution in [2.45, 2.75) is 57.5 Å². The lowest BCUT2D eigenvalue weighted by atomic mass is 10.1. The van der Waals surface area contributed by atoms with E-state index in [0.717, 1.165) is 41.6 Å². The summed E-state index contributed by atoms with van der Waals surface area (Å²) in [5.41, 5.74) is 0.527. The molecule has 1 fully saturated rings. The first-order valence-electron chi connectivity index (χ1n) is 10.0. The van der Waals surface area contributed by atoms with Crippen LogP contribution in [0.5, 0.6) is 0 Å². The molecule has 1 amide bonds. The Morgan fingerprint density at radius 1 is 1.11 bits per heavy atom. The zero-order valence-electron chi connectivity index (χ0n) is 16.1. The lowest BCUT2D eigenvalue weighted by Crippen LogP contribution is -2.42. The molecule has 146 valence electrons. The number of amides is 1. The maximum Gasteiger partial charge on any atom is 0.275 e. The van der Waals surface area contributed by atoms with E-state index in [9.17, 15) is 9.59 Å². The van der Waals surface area contributed by atoms with Gasteiger partial charge in [-0.15, -0.1) is 11.3 Å². The highest BCUT2D eigenvalue weighted by Gasteiger charge is 2.23. The first-order valence-corrected chi connectivity index (χ1v) is 10.9. The molecule has 4 rings (SSSR count). The van der Waals surface area contributed by atoms with Gasteiger partial charge in [0.05, 0.1) is 10.3 Å². The van der Waals surface area contributed by atoms with Gasteiger partial charge in [0.15, 0.2) is 0 Å². The Bertz CT molecular complexity index is 1020. The average Bonchev–Trinajstić information content (AvgIpc) is 3.13. The van der Waals surface area contributed by atoms with E-state index in [-0.39, 0.29) is 17.5 Å². The second-order valence-electron chi connectivity index (χ2n) is 7.49. The van der Waals surface area contributed by atoms with Crippen LogP contribution in [-0.4, -0.2) is 21.7 Å². The predicted molar refractivity (Wildman–Crippen MR) is 114 cm³/mol. The van der Waals surface area contributed by atoms with Gasteiger partial charge in [-0.2, -0.15) is 5.10 Å². The van der Waals surface area contributed by atoms with Gasteiger partial charge in [-0.05, 0) is 37.3 Å². The van der Waals surface area contributed by atoms with Gasteiger partial charge in [-0.3, -0.25) is 9.59 Å². The number of nitrogens with one attached hydrogen (secondary N) is 1. The second-order valence-corrected chi connectivity index (χ2v) is 8.44. The second kappa shape index (κ2) is 8.27. The Morgan fingerprint density at radius 2 is 1.82 bits per heavy atom. The van der Waals surface area contributed by atoms with Crippen LogP contribution >= 0.6 is 11.3 Å². The third kappa shape index (κ3) is 3.74. The number of fused-ring (bicyclic) bond motifs is 1. The molecule has 0 radical (unpaired) electrons. The lowest BCUT2D eigenvalue weighted by Gasteiger charge is -2.21. The summed E-state index contributed by atoms with van der Waals surface area (Å²) in [7, 11) is 0. The summed E-state index contributed by atoms with van der Waals surface area (Å²) in [6.45, 7) is 1.76. The zero-order chi connectivity index (χ0) is 19.5. The van der Waals surface area contributed by atoms with E-state index in [2.05, 4.69) is 10.4 Å². The molecule has 0 saturated heterocycles. The molecule has 2 heterocycles. The molecule has 28 heavy (non-hydrogen) atoms. The van der Waals surface area contributed by atoms with Crippen LogP contribution < -0.4 is 10.9 Å². The molecule has 1 aliphatic rings. The van der Waals surface area contributed by atoms with E-state index in [1.54, 1.807) is 18.3 Å². The fourth-order valence-electron chi connectivity index (χ4n) is 3.92. The van der Waals surface area contributed by atoms with E-state index in [4.69, 9.17) is 0 Å². The van der Waals surface area contributed by atoms with Gasteiger partial charge in [0.2, 0.25) is 5.91 Å². The van der Waals surface area contributed by atoms with E-state index in [1.807, 2.05) is 41.8 Å². The van der Waals surface area contributed by atoms with Crippen LogP contribution in [0.15, 0.2) is 46.6 Å². The Balaban J connectivity index is 1.70. The van der Waals surface area contributed by atoms with Crippen LogP contribution in [-0.2, 0) is 4.79 Å². The molecule has 6 heteroatoms. The third-order valence-corrected chi connectivity index (χ3v) is 6.41. The van der Waals surface area contributed by atoms with Crippen molar-refractivity contribution >= 4 is 28.0 Å². The zero-order valence-corrected chi connectivity index (χ0v) is 16.9. The summed E-state index contributed by atoms with van der Waals surface area (Å²) in [5, 5.41) is 11.2. The van der Waals surface area contributed by atoms with Gasteiger partial charge < -0.3 is 5.32 Å². The average molecular weight is 396 g/mol. The van der Waals surface area contributed by atoms with Gasteiger partial charge in [-0.25, -0.2) is 4.68 Å². The molecule has 3 aromatic rings. The maximum atomic E-state index is 13.1. The lowest BCUT2D eigenvalue weighted by molar-refractivity contribution is -0.125. The third-order valence-electron chi connectivity index (χ3n) is 5.53. The molecule has 0 spiro atoms. The maximum absolute atomic E-state index is 13.1. The van der Waals surface area contributed by atoms with Gasteiger partial charge >= 0.3 is 0 Å². The Labute approximate surface area is 168 Å². The molecule has 5 nitrogen and oxygen atoms in total. The Morgan fingerprint density at radius 3 is 2.50 bits per heavy atom. The molecule has 1 atom stereocenters. The van der Waals surface area contributed by atoms with Crippen LogP contribution in [0.25, 0.3) is 21.3 Å². The predicted octanol–water partition coefficient (Wildman–Crippen LogP) is 4.53. The van der Waals surface area contributed by atoms with Crippen LogP contribution in [0.4, 0.5) is 0 Å². The molecule has 0 unspecified atom stereocenters. The monoisotopic (exact) mass is 395 g/mol. The molecule has 2 aromatic heterocycles. The summed E-state index contributed by atoms with van der Waals surface area (Å²) in [6, 6.07) is 11.0. The fourth-order valence-corrected chi connectivity index (χ4v) is 4.64. The van der Waals surface area contributed by atoms with Crippen LogP contribution in [0.3, 0.4) is 0 Å². The molecular weight excluding hydrogens is 370 g/mol. The van der Waals surface area contributed by atoms with Crippen molar-refractivity contribution in [3.8, 4) is 10.6 Å². The van der Waals surface area contributed by atoms with E-state index in [1.165, 1.54) is 17.5 Å². The number of carbonyl (C=O) groups excluding carboxylic acids is 1. The molecule has 1 saturated carbocycles.